The molecule has 0 aromatic heterocycles. The molecule has 2 aromatic rings. The first kappa shape index (κ1) is 16.9. The van der Waals surface area contributed by atoms with Crippen molar-refractivity contribution < 1.29 is 18.3 Å². The van der Waals surface area contributed by atoms with E-state index in [4.69, 9.17) is 4.74 Å². The van der Waals surface area contributed by atoms with Gasteiger partial charge in [0.2, 0.25) is 0 Å². The summed E-state index contributed by atoms with van der Waals surface area (Å²) in [7, 11) is 0. The third kappa shape index (κ3) is 3.67. The number of esters is 1. The number of ether oxygens (including phenoxy) is 1. The van der Waals surface area contributed by atoms with Crippen LogP contribution < -0.4 is 4.74 Å². The van der Waals surface area contributed by atoms with Crippen molar-refractivity contribution in [2.75, 3.05) is 0 Å². The second kappa shape index (κ2) is 6.77. The highest BCUT2D eigenvalue weighted by Crippen LogP contribution is 2.28. The molecule has 0 fully saturated rings. The molecule has 118 valence electrons. The number of hydrogen-bond acceptors (Lipinski definition) is 4. The molecule has 0 N–H and O–H groups in total. The highest BCUT2D eigenvalue weighted by atomic mass is 32.1. The first-order valence-corrected chi connectivity index (χ1v) is 7.11. The van der Waals surface area contributed by atoms with Crippen molar-refractivity contribution >= 4 is 29.0 Å². The molecule has 23 heavy (non-hydrogen) atoms. The van der Waals surface area contributed by atoms with Gasteiger partial charge < -0.3 is 4.74 Å². The van der Waals surface area contributed by atoms with Crippen molar-refractivity contribution in [3.8, 4) is 5.75 Å². The molecule has 0 aliphatic carbocycles. The highest BCUT2D eigenvalue weighted by Gasteiger charge is 2.18. The van der Waals surface area contributed by atoms with Crippen molar-refractivity contribution in [1.29, 1.82) is 0 Å². The topological polar surface area (TPSA) is 38.7 Å². The third-order valence-electron chi connectivity index (χ3n) is 3.24. The van der Waals surface area contributed by atoms with Gasteiger partial charge in [0.25, 0.3) is 0 Å². The van der Waals surface area contributed by atoms with E-state index in [9.17, 15) is 13.6 Å². The number of rotatable bonds is 3. The molecule has 0 bridgehead atoms. The Morgan fingerprint density at radius 3 is 2.09 bits per heavy atom. The van der Waals surface area contributed by atoms with Crippen LogP contribution in [-0.2, 0) is 0 Å². The number of nitrogens with zero attached hydrogens (tertiary/aromatic N) is 1. The van der Waals surface area contributed by atoms with Gasteiger partial charge in [0.1, 0.15) is 11.4 Å². The van der Waals surface area contributed by atoms with E-state index in [1.807, 2.05) is 24.2 Å². The average Bonchev–Trinajstić information content (AvgIpc) is 2.41. The summed E-state index contributed by atoms with van der Waals surface area (Å²) in [6.07, 6.45) is 0. The highest BCUT2D eigenvalue weighted by molar-refractivity contribution is 7.78. The van der Waals surface area contributed by atoms with Gasteiger partial charge in [-0.15, -0.1) is 0 Å². The van der Waals surface area contributed by atoms with E-state index in [0.29, 0.717) is 5.56 Å². The maximum atomic E-state index is 13.8. The second-order valence-corrected chi connectivity index (χ2v) is 5.28. The fourth-order valence-corrected chi connectivity index (χ4v) is 2.50. The van der Waals surface area contributed by atoms with Gasteiger partial charge in [0.15, 0.2) is 11.6 Å². The number of carbonyl (C=O) groups excluding carboxylic acids is 1. The summed E-state index contributed by atoms with van der Waals surface area (Å²) in [5, 5.41) is 1.89. The van der Waals surface area contributed by atoms with E-state index in [1.165, 1.54) is 0 Å². The van der Waals surface area contributed by atoms with Crippen LogP contribution in [0.5, 0.6) is 5.75 Å². The largest absolute Gasteiger partial charge is 0.423 e. The predicted octanol–water partition coefficient (Wildman–Crippen LogP) is 4.84. The zero-order valence-electron chi connectivity index (χ0n) is 12.7. The Balaban J connectivity index is 2.37. The van der Waals surface area contributed by atoms with Crippen LogP contribution in [0.2, 0.25) is 0 Å². The van der Waals surface area contributed by atoms with Gasteiger partial charge in [0.05, 0.1) is 10.7 Å². The molecular weight excluding hydrogens is 320 g/mol. The van der Waals surface area contributed by atoms with E-state index in [-0.39, 0.29) is 5.75 Å². The Morgan fingerprint density at radius 2 is 1.61 bits per heavy atom. The van der Waals surface area contributed by atoms with Crippen molar-refractivity contribution in [3.63, 3.8) is 0 Å². The average molecular weight is 333 g/mol. The van der Waals surface area contributed by atoms with E-state index in [0.717, 1.165) is 28.8 Å². The van der Waals surface area contributed by atoms with Crippen molar-refractivity contribution in [3.05, 3.63) is 58.2 Å². The Morgan fingerprint density at radius 1 is 1.09 bits per heavy atom. The summed E-state index contributed by atoms with van der Waals surface area (Å²) in [5.74, 6) is -2.89. The Kier molecular flexibility index (Phi) is 4.98. The number of hydrogen-bond donors (Lipinski definition) is 0. The first-order valence-electron chi connectivity index (χ1n) is 6.70. The summed E-state index contributed by atoms with van der Waals surface area (Å²) in [5.41, 5.74) is 2.28. The molecule has 2 aromatic carbocycles. The minimum atomic E-state index is -0.984. The zero-order chi connectivity index (χ0) is 17.1. The number of benzene rings is 2. The number of aliphatic imine (C=N–C) groups is 1. The summed E-state index contributed by atoms with van der Waals surface area (Å²) in [6, 6.07) is 5.43. The molecule has 0 heterocycles. The maximum absolute atomic E-state index is 13.8. The van der Waals surface area contributed by atoms with Gasteiger partial charge in [-0.25, -0.2) is 13.6 Å². The lowest BCUT2D eigenvalue weighted by atomic mass is 10.00. The van der Waals surface area contributed by atoms with E-state index < -0.39 is 23.3 Å². The van der Waals surface area contributed by atoms with Crippen molar-refractivity contribution in [2.45, 2.75) is 20.8 Å². The molecule has 3 nitrogen and oxygen atoms in total. The van der Waals surface area contributed by atoms with Crippen LogP contribution in [0.25, 0.3) is 0 Å². The van der Waals surface area contributed by atoms with Crippen LogP contribution in [0.3, 0.4) is 0 Å². The normalized spacial score (nSPS) is 10.1. The molecule has 0 atom stereocenters. The summed E-state index contributed by atoms with van der Waals surface area (Å²) in [6.45, 7) is 5.46. The van der Waals surface area contributed by atoms with Crippen LogP contribution in [-0.4, -0.2) is 11.1 Å². The Hall–Kier alpha value is -2.43. The molecule has 0 unspecified atom stereocenters. The van der Waals surface area contributed by atoms with E-state index in [2.05, 4.69) is 17.2 Å². The molecule has 0 saturated heterocycles. The second-order valence-electron chi connectivity index (χ2n) is 5.10. The fraction of sp³-hybridized carbons (Fsp3) is 0.176. The lowest BCUT2D eigenvalue weighted by Crippen LogP contribution is -2.12. The minimum Gasteiger partial charge on any atom is -0.423 e. The SMILES string of the molecule is Cc1cc(C)c(C(=O)Oc2cc(F)c(N=C=S)c(F)c2)c(C)c1. The van der Waals surface area contributed by atoms with Gasteiger partial charge in [-0.1, -0.05) is 17.7 Å². The van der Waals surface area contributed by atoms with Crippen LogP contribution in [0.15, 0.2) is 29.3 Å². The minimum absolute atomic E-state index is 0.243. The van der Waals surface area contributed by atoms with Gasteiger partial charge in [-0.2, -0.15) is 4.99 Å². The predicted molar refractivity (Wildman–Crippen MR) is 86.7 cm³/mol. The lowest BCUT2D eigenvalue weighted by molar-refractivity contribution is 0.0732. The first-order chi connectivity index (χ1) is 10.8. The van der Waals surface area contributed by atoms with Gasteiger partial charge in [0, 0.05) is 12.1 Å². The van der Waals surface area contributed by atoms with E-state index >= 15 is 0 Å². The summed E-state index contributed by atoms with van der Waals surface area (Å²) >= 11 is 4.32. The molecule has 0 spiro atoms. The molecule has 2 rings (SSSR count). The molecular formula is C17H13F2NO2S. The van der Waals surface area contributed by atoms with Crippen LogP contribution >= 0.6 is 12.2 Å². The van der Waals surface area contributed by atoms with Gasteiger partial charge in [-0.05, 0) is 44.1 Å². The van der Waals surface area contributed by atoms with Crippen LogP contribution in [0.1, 0.15) is 27.0 Å². The fourth-order valence-electron chi connectivity index (χ4n) is 2.41. The van der Waals surface area contributed by atoms with Crippen LogP contribution in [0, 0.1) is 32.4 Å². The summed E-state index contributed by atoms with van der Waals surface area (Å²) in [4.78, 5) is 15.6. The standard InChI is InChI=1S/C17H13F2NO2S/c1-9-4-10(2)15(11(3)5-9)17(21)22-12-6-13(18)16(20-8-23)14(19)7-12/h4-7H,1-3H3. The Labute approximate surface area is 137 Å². The molecule has 0 aliphatic rings. The number of halogens is 2. The molecule has 6 heteroatoms. The van der Waals surface area contributed by atoms with Crippen molar-refractivity contribution in [1.82, 2.24) is 0 Å². The number of aryl methyl sites for hydroxylation is 3. The maximum Gasteiger partial charge on any atom is 0.344 e. The Bertz CT molecular complexity index is 796. The van der Waals surface area contributed by atoms with E-state index in [1.54, 1.807) is 13.8 Å². The van der Waals surface area contributed by atoms with Crippen LogP contribution in [0.4, 0.5) is 14.5 Å². The molecule has 0 amide bonds. The zero-order valence-corrected chi connectivity index (χ0v) is 13.6. The molecule has 0 radical (unpaired) electrons. The monoisotopic (exact) mass is 333 g/mol. The smallest absolute Gasteiger partial charge is 0.344 e. The third-order valence-corrected chi connectivity index (χ3v) is 3.33. The molecule has 0 saturated carbocycles. The number of carbonyl (C=O) groups is 1. The number of isothiocyanates is 1. The molecule has 0 aliphatic heterocycles. The lowest BCUT2D eigenvalue weighted by Gasteiger charge is -2.11. The summed E-state index contributed by atoms with van der Waals surface area (Å²) < 4.78 is 32.6. The van der Waals surface area contributed by atoms with Gasteiger partial charge >= 0.3 is 5.97 Å². The number of thiocarbonyl (C=S) groups is 1. The van der Waals surface area contributed by atoms with Gasteiger partial charge in [-0.3, -0.25) is 0 Å². The van der Waals surface area contributed by atoms with Crippen molar-refractivity contribution in [2.24, 2.45) is 4.99 Å². The quantitative estimate of drug-likeness (QED) is 0.349.